The molecule has 19 heavy (non-hydrogen) atoms. The van der Waals surface area contributed by atoms with E-state index in [1.165, 1.54) is 6.42 Å². The maximum atomic E-state index is 12.2. The van der Waals surface area contributed by atoms with Crippen LogP contribution in [0, 0.1) is 5.92 Å². The molecule has 0 radical (unpaired) electrons. The van der Waals surface area contributed by atoms with Crippen molar-refractivity contribution < 1.29 is 14.6 Å². The van der Waals surface area contributed by atoms with E-state index in [0.717, 1.165) is 19.3 Å². The smallest absolute Gasteiger partial charge is 0.225 e. The van der Waals surface area contributed by atoms with Crippen LogP contribution in [0.1, 0.15) is 38.5 Å². The van der Waals surface area contributed by atoms with Crippen LogP contribution in [0.15, 0.2) is 0 Å². The summed E-state index contributed by atoms with van der Waals surface area (Å²) in [6, 6.07) is 0. The minimum Gasteiger partial charge on any atom is -0.389 e. The fourth-order valence-corrected chi connectivity index (χ4v) is 3.38. The van der Waals surface area contributed by atoms with Crippen molar-refractivity contribution in [1.82, 2.24) is 4.90 Å². The molecule has 0 aromatic heterocycles. The molecule has 0 spiro atoms. The van der Waals surface area contributed by atoms with Crippen LogP contribution >= 0.6 is 0 Å². The minimum atomic E-state index is -0.524. The summed E-state index contributed by atoms with van der Waals surface area (Å²) in [6.07, 6.45) is 5.06. The molecular formula is C14H26N2O3. The number of ether oxygens (including phenoxy) is 1. The highest BCUT2D eigenvalue weighted by molar-refractivity contribution is 5.76. The van der Waals surface area contributed by atoms with Crippen molar-refractivity contribution in [3.63, 3.8) is 0 Å². The fourth-order valence-electron chi connectivity index (χ4n) is 3.38. The average molecular weight is 270 g/mol. The van der Waals surface area contributed by atoms with E-state index in [-0.39, 0.29) is 17.9 Å². The molecule has 0 aromatic carbocycles. The molecule has 5 nitrogen and oxygen atoms in total. The molecule has 2 rings (SSSR count). The predicted octanol–water partition coefficient (Wildman–Crippen LogP) is 0.504. The molecule has 1 saturated carbocycles. The van der Waals surface area contributed by atoms with Gasteiger partial charge in [0.05, 0.1) is 18.1 Å². The number of amides is 1. The summed E-state index contributed by atoms with van der Waals surface area (Å²) in [5.41, 5.74) is 5.03. The van der Waals surface area contributed by atoms with E-state index in [2.05, 4.69) is 0 Å². The number of likely N-dealkylation sites (tertiary alicyclic amines) is 1. The number of carbonyl (C=O) groups excluding carboxylic acids is 1. The van der Waals surface area contributed by atoms with Crippen LogP contribution in [-0.2, 0) is 9.53 Å². The predicted molar refractivity (Wildman–Crippen MR) is 72.6 cm³/mol. The van der Waals surface area contributed by atoms with Crippen LogP contribution in [0.4, 0.5) is 0 Å². The van der Waals surface area contributed by atoms with Crippen LogP contribution in [0.3, 0.4) is 0 Å². The average Bonchev–Trinajstić information content (AvgIpc) is 2.43. The summed E-state index contributed by atoms with van der Waals surface area (Å²) in [4.78, 5) is 14.1. The van der Waals surface area contributed by atoms with Crippen LogP contribution < -0.4 is 5.73 Å². The molecule has 3 N–H and O–H groups in total. The Labute approximate surface area is 115 Å². The zero-order valence-corrected chi connectivity index (χ0v) is 11.8. The summed E-state index contributed by atoms with van der Waals surface area (Å²) < 4.78 is 5.17. The number of nitrogens with zero attached hydrogens (tertiary/aromatic N) is 1. The molecule has 0 bridgehead atoms. The van der Waals surface area contributed by atoms with Gasteiger partial charge in [-0.15, -0.1) is 0 Å². The maximum absolute atomic E-state index is 12.2. The zero-order chi connectivity index (χ0) is 13.9. The molecule has 1 aliphatic heterocycles. The molecule has 1 amide bonds. The normalized spacial score (nSPS) is 32.8. The summed E-state index contributed by atoms with van der Waals surface area (Å²) in [5, 5.41) is 10.6. The van der Waals surface area contributed by atoms with Crippen molar-refractivity contribution in [2.24, 2.45) is 11.7 Å². The number of methoxy groups -OCH3 is 1. The van der Waals surface area contributed by atoms with E-state index in [0.29, 0.717) is 32.5 Å². The second-order valence-corrected chi connectivity index (χ2v) is 5.93. The Balaban J connectivity index is 1.91. The van der Waals surface area contributed by atoms with Crippen molar-refractivity contribution in [2.45, 2.75) is 50.2 Å². The van der Waals surface area contributed by atoms with Crippen molar-refractivity contribution in [3.05, 3.63) is 0 Å². The van der Waals surface area contributed by atoms with Gasteiger partial charge in [0.15, 0.2) is 0 Å². The van der Waals surface area contributed by atoms with Gasteiger partial charge in [-0.1, -0.05) is 12.8 Å². The Bertz CT molecular complexity index is 320. The largest absolute Gasteiger partial charge is 0.389 e. The second-order valence-electron chi connectivity index (χ2n) is 5.93. The summed E-state index contributed by atoms with van der Waals surface area (Å²) in [5.74, 6) is 0.350. The minimum absolute atomic E-state index is 0.102. The SMILES string of the molecule is COC(CN)CC(=O)N1CCC2(O)CCCCC2C1. The lowest BCUT2D eigenvalue weighted by atomic mass is 9.71. The van der Waals surface area contributed by atoms with Gasteiger partial charge >= 0.3 is 0 Å². The molecule has 1 aliphatic carbocycles. The number of hydrogen-bond acceptors (Lipinski definition) is 4. The summed E-state index contributed by atoms with van der Waals surface area (Å²) in [7, 11) is 1.58. The first-order valence-corrected chi connectivity index (χ1v) is 7.32. The molecule has 110 valence electrons. The summed E-state index contributed by atoms with van der Waals surface area (Å²) in [6.45, 7) is 1.71. The number of rotatable bonds is 4. The van der Waals surface area contributed by atoms with Gasteiger partial charge in [-0.2, -0.15) is 0 Å². The molecule has 3 atom stereocenters. The molecule has 5 heteroatoms. The first kappa shape index (κ1) is 14.8. The van der Waals surface area contributed by atoms with E-state index < -0.39 is 5.60 Å². The van der Waals surface area contributed by atoms with Gasteiger partial charge in [0.1, 0.15) is 0 Å². The van der Waals surface area contributed by atoms with Crippen LogP contribution in [0.2, 0.25) is 0 Å². The van der Waals surface area contributed by atoms with Gasteiger partial charge in [0.25, 0.3) is 0 Å². The van der Waals surface area contributed by atoms with Gasteiger partial charge in [0, 0.05) is 32.7 Å². The third kappa shape index (κ3) is 3.27. The third-order valence-corrected chi connectivity index (χ3v) is 4.78. The van der Waals surface area contributed by atoms with Crippen molar-refractivity contribution in [1.29, 1.82) is 0 Å². The number of nitrogens with two attached hydrogens (primary N) is 1. The Morgan fingerprint density at radius 2 is 2.32 bits per heavy atom. The topological polar surface area (TPSA) is 75.8 Å². The molecule has 2 aliphatic rings. The zero-order valence-electron chi connectivity index (χ0n) is 11.8. The first-order valence-electron chi connectivity index (χ1n) is 7.32. The fraction of sp³-hybridized carbons (Fsp3) is 0.929. The Kier molecular flexibility index (Phi) is 4.81. The number of fused-ring (bicyclic) bond motifs is 1. The number of piperidine rings is 1. The van der Waals surface area contributed by atoms with Gasteiger partial charge in [-0.3, -0.25) is 4.79 Å². The third-order valence-electron chi connectivity index (χ3n) is 4.78. The van der Waals surface area contributed by atoms with E-state index in [1.54, 1.807) is 7.11 Å². The van der Waals surface area contributed by atoms with Crippen LogP contribution in [-0.4, -0.2) is 54.4 Å². The maximum Gasteiger partial charge on any atom is 0.225 e. The van der Waals surface area contributed by atoms with Gasteiger partial charge in [0.2, 0.25) is 5.91 Å². The van der Waals surface area contributed by atoms with Crippen LogP contribution in [0.25, 0.3) is 0 Å². The molecule has 3 unspecified atom stereocenters. The standard InChI is InChI=1S/C14H26N2O3/c1-19-12(9-15)8-13(17)16-7-6-14(18)5-3-2-4-11(14)10-16/h11-12,18H,2-10,15H2,1H3. The second kappa shape index (κ2) is 6.20. The molecule has 1 heterocycles. The molecular weight excluding hydrogens is 244 g/mol. The Morgan fingerprint density at radius 1 is 1.53 bits per heavy atom. The monoisotopic (exact) mass is 270 g/mol. The van der Waals surface area contributed by atoms with Crippen molar-refractivity contribution in [2.75, 3.05) is 26.7 Å². The lowest BCUT2D eigenvalue weighted by molar-refractivity contribution is -0.145. The van der Waals surface area contributed by atoms with Gasteiger partial charge in [-0.25, -0.2) is 0 Å². The van der Waals surface area contributed by atoms with E-state index in [1.807, 2.05) is 4.90 Å². The van der Waals surface area contributed by atoms with E-state index >= 15 is 0 Å². The lowest BCUT2D eigenvalue weighted by Crippen LogP contribution is -2.55. The summed E-state index contributed by atoms with van der Waals surface area (Å²) >= 11 is 0. The molecule has 0 aromatic rings. The highest BCUT2D eigenvalue weighted by Crippen LogP contribution is 2.39. The van der Waals surface area contributed by atoms with Crippen LogP contribution in [0.5, 0.6) is 0 Å². The number of hydrogen-bond donors (Lipinski definition) is 2. The number of carbonyl (C=O) groups is 1. The lowest BCUT2D eigenvalue weighted by Gasteiger charge is -2.47. The quantitative estimate of drug-likeness (QED) is 0.780. The molecule has 1 saturated heterocycles. The molecule has 2 fully saturated rings. The highest BCUT2D eigenvalue weighted by atomic mass is 16.5. The first-order chi connectivity index (χ1) is 9.09. The van der Waals surface area contributed by atoms with Crippen molar-refractivity contribution >= 4 is 5.91 Å². The number of aliphatic hydroxyl groups is 1. The highest BCUT2D eigenvalue weighted by Gasteiger charge is 2.43. The van der Waals surface area contributed by atoms with Gasteiger partial charge < -0.3 is 20.5 Å². The van der Waals surface area contributed by atoms with Crippen molar-refractivity contribution in [3.8, 4) is 0 Å². The van der Waals surface area contributed by atoms with E-state index in [4.69, 9.17) is 10.5 Å². The Hall–Kier alpha value is -0.650. The van der Waals surface area contributed by atoms with E-state index in [9.17, 15) is 9.90 Å². The van der Waals surface area contributed by atoms with Gasteiger partial charge in [-0.05, 0) is 19.3 Å². The Morgan fingerprint density at radius 3 is 3.00 bits per heavy atom.